The largest absolute Gasteiger partial charge is 0.497 e. The zero-order valence-corrected chi connectivity index (χ0v) is 14.9. The van der Waals surface area contributed by atoms with Gasteiger partial charge >= 0.3 is 0 Å². The predicted octanol–water partition coefficient (Wildman–Crippen LogP) is 3.91. The molecule has 2 heterocycles. The van der Waals surface area contributed by atoms with E-state index < -0.39 is 0 Å². The van der Waals surface area contributed by atoms with Gasteiger partial charge in [-0.25, -0.2) is 0 Å². The molecule has 0 saturated heterocycles. The minimum Gasteiger partial charge on any atom is -0.497 e. The van der Waals surface area contributed by atoms with Gasteiger partial charge in [0.25, 0.3) is 5.91 Å². The summed E-state index contributed by atoms with van der Waals surface area (Å²) in [6.45, 7) is 1.88. The van der Waals surface area contributed by atoms with Crippen molar-refractivity contribution in [1.82, 2.24) is 10.5 Å². The number of ether oxygens (including phenoxy) is 2. The van der Waals surface area contributed by atoms with Crippen LogP contribution in [0.2, 0.25) is 0 Å². The van der Waals surface area contributed by atoms with Crippen LogP contribution in [0, 0.1) is 0 Å². The van der Waals surface area contributed by atoms with Crippen LogP contribution in [-0.4, -0.2) is 25.3 Å². The number of thiophene rings is 1. The molecule has 1 amide bonds. The van der Waals surface area contributed by atoms with Crippen LogP contribution in [0.4, 0.5) is 0 Å². The third kappa shape index (κ3) is 3.66. The second kappa shape index (κ2) is 7.40. The lowest BCUT2D eigenvalue weighted by Gasteiger charge is -2.17. The summed E-state index contributed by atoms with van der Waals surface area (Å²) in [7, 11) is 3.17. The van der Waals surface area contributed by atoms with Gasteiger partial charge in [-0.15, -0.1) is 11.3 Å². The summed E-state index contributed by atoms with van der Waals surface area (Å²) < 4.78 is 15.8. The molecular weight excluding hydrogens is 340 g/mol. The van der Waals surface area contributed by atoms with Crippen LogP contribution in [0.15, 0.2) is 46.3 Å². The molecule has 1 N–H and O–H groups in total. The van der Waals surface area contributed by atoms with E-state index >= 15 is 0 Å². The van der Waals surface area contributed by atoms with Crippen LogP contribution in [0.3, 0.4) is 0 Å². The van der Waals surface area contributed by atoms with Crippen molar-refractivity contribution in [3.8, 4) is 22.1 Å². The molecule has 0 radical (unpaired) electrons. The van der Waals surface area contributed by atoms with Crippen molar-refractivity contribution in [2.75, 3.05) is 14.2 Å². The second-order valence-electron chi connectivity index (χ2n) is 5.36. The lowest BCUT2D eigenvalue weighted by atomic mass is 10.1. The number of carbonyl (C=O) groups excluding carboxylic acids is 1. The molecule has 2 aromatic heterocycles. The molecule has 0 fully saturated rings. The second-order valence-corrected chi connectivity index (χ2v) is 6.30. The molecule has 1 aromatic carbocycles. The molecule has 7 heteroatoms. The number of benzene rings is 1. The Kier molecular flexibility index (Phi) is 5.04. The van der Waals surface area contributed by atoms with Gasteiger partial charge in [-0.3, -0.25) is 4.79 Å². The first-order valence-corrected chi connectivity index (χ1v) is 8.53. The highest BCUT2D eigenvalue weighted by Crippen LogP contribution is 2.30. The van der Waals surface area contributed by atoms with Gasteiger partial charge in [-0.2, -0.15) is 0 Å². The molecule has 0 spiro atoms. The Morgan fingerprint density at radius 1 is 1.24 bits per heavy atom. The van der Waals surface area contributed by atoms with E-state index in [0.29, 0.717) is 17.3 Å². The molecule has 6 nitrogen and oxygen atoms in total. The van der Waals surface area contributed by atoms with Gasteiger partial charge in [0.05, 0.1) is 25.1 Å². The minimum absolute atomic E-state index is 0.239. The van der Waals surface area contributed by atoms with Crippen molar-refractivity contribution in [3.05, 3.63) is 53.0 Å². The Hall–Kier alpha value is -2.80. The van der Waals surface area contributed by atoms with E-state index in [9.17, 15) is 4.79 Å². The summed E-state index contributed by atoms with van der Waals surface area (Å²) in [4.78, 5) is 13.4. The zero-order chi connectivity index (χ0) is 17.8. The van der Waals surface area contributed by atoms with Crippen LogP contribution in [-0.2, 0) is 0 Å². The highest BCUT2D eigenvalue weighted by atomic mass is 32.1. The molecule has 25 heavy (non-hydrogen) atoms. The first kappa shape index (κ1) is 17.0. The van der Waals surface area contributed by atoms with E-state index in [0.717, 1.165) is 10.4 Å². The SMILES string of the molecule is COc1ccc(C(C)NC(=O)c2cc(-c3cccs3)on2)c(OC)c1. The quantitative estimate of drug-likeness (QED) is 0.723. The van der Waals surface area contributed by atoms with E-state index in [2.05, 4.69) is 10.5 Å². The number of nitrogens with zero attached hydrogens (tertiary/aromatic N) is 1. The number of methoxy groups -OCH3 is 2. The molecule has 0 saturated carbocycles. The Bertz CT molecular complexity index is 858. The molecule has 0 aliphatic carbocycles. The van der Waals surface area contributed by atoms with Crippen molar-refractivity contribution in [2.24, 2.45) is 0 Å². The highest BCUT2D eigenvalue weighted by Gasteiger charge is 2.19. The summed E-state index contributed by atoms with van der Waals surface area (Å²) in [5, 5.41) is 8.70. The standard InChI is InChI=1S/C18H18N2O4S/c1-11(13-7-6-12(22-2)9-15(13)23-3)19-18(21)14-10-16(24-20-14)17-5-4-8-25-17/h4-11H,1-3H3,(H,19,21). The van der Waals surface area contributed by atoms with Crippen LogP contribution in [0.1, 0.15) is 29.0 Å². The van der Waals surface area contributed by atoms with E-state index in [-0.39, 0.29) is 17.6 Å². The van der Waals surface area contributed by atoms with Gasteiger partial charge in [0.1, 0.15) is 11.5 Å². The Morgan fingerprint density at radius 2 is 2.08 bits per heavy atom. The normalized spacial score (nSPS) is 11.8. The lowest BCUT2D eigenvalue weighted by molar-refractivity contribution is 0.0930. The first-order valence-electron chi connectivity index (χ1n) is 7.65. The van der Waals surface area contributed by atoms with Crippen molar-refractivity contribution < 1.29 is 18.8 Å². The predicted molar refractivity (Wildman–Crippen MR) is 95.2 cm³/mol. The fourth-order valence-electron chi connectivity index (χ4n) is 2.44. The van der Waals surface area contributed by atoms with E-state index in [1.54, 1.807) is 26.4 Å². The summed E-state index contributed by atoms with van der Waals surface area (Å²) >= 11 is 1.53. The Labute approximate surface area is 149 Å². The van der Waals surface area contributed by atoms with E-state index in [1.165, 1.54) is 11.3 Å². The topological polar surface area (TPSA) is 73.6 Å². The maximum Gasteiger partial charge on any atom is 0.273 e. The van der Waals surface area contributed by atoms with E-state index in [4.69, 9.17) is 14.0 Å². The number of hydrogen-bond acceptors (Lipinski definition) is 6. The molecule has 130 valence electrons. The van der Waals surface area contributed by atoms with Crippen molar-refractivity contribution >= 4 is 17.2 Å². The average Bonchev–Trinajstić information content (AvgIpc) is 3.32. The van der Waals surface area contributed by atoms with Crippen LogP contribution < -0.4 is 14.8 Å². The van der Waals surface area contributed by atoms with Crippen molar-refractivity contribution in [3.63, 3.8) is 0 Å². The zero-order valence-electron chi connectivity index (χ0n) is 14.1. The smallest absolute Gasteiger partial charge is 0.273 e. The monoisotopic (exact) mass is 358 g/mol. The van der Waals surface area contributed by atoms with Gasteiger partial charge in [0, 0.05) is 17.7 Å². The lowest BCUT2D eigenvalue weighted by Crippen LogP contribution is -2.27. The highest BCUT2D eigenvalue weighted by molar-refractivity contribution is 7.13. The minimum atomic E-state index is -0.308. The number of carbonyl (C=O) groups is 1. The van der Waals surface area contributed by atoms with Gasteiger partial charge in [-0.1, -0.05) is 11.2 Å². The van der Waals surface area contributed by atoms with Crippen LogP contribution in [0.5, 0.6) is 11.5 Å². The number of hydrogen-bond donors (Lipinski definition) is 1. The molecular formula is C18H18N2O4S. The maximum atomic E-state index is 12.4. The summed E-state index contributed by atoms with van der Waals surface area (Å²) in [5.41, 5.74) is 1.08. The fourth-order valence-corrected chi connectivity index (χ4v) is 3.11. The van der Waals surface area contributed by atoms with Crippen molar-refractivity contribution in [2.45, 2.75) is 13.0 Å². The first-order chi connectivity index (χ1) is 12.1. The fraction of sp³-hybridized carbons (Fsp3) is 0.222. The Balaban J connectivity index is 1.75. The Morgan fingerprint density at radius 3 is 2.76 bits per heavy atom. The van der Waals surface area contributed by atoms with Crippen LogP contribution >= 0.6 is 11.3 Å². The number of rotatable bonds is 6. The van der Waals surface area contributed by atoms with Gasteiger partial charge < -0.3 is 19.3 Å². The third-order valence-corrected chi connectivity index (χ3v) is 4.65. The van der Waals surface area contributed by atoms with Gasteiger partial charge in [-0.05, 0) is 30.5 Å². The van der Waals surface area contributed by atoms with Crippen LogP contribution in [0.25, 0.3) is 10.6 Å². The average molecular weight is 358 g/mol. The van der Waals surface area contributed by atoms with Crippen molar-refractivity contribution in [1.29, 1.82) is 0 Å². The summed E-state index contributed by atoms with van der Waals surface area (Å²) in [5.74, 6) is 1.61. The molecule has 1 unspecified atom stereocenters. The molecule has 3 rings (SSSR count). The van der Waals surface area contributed by atoms with Gasteiger partial charge in [0.15, 0.2) is 11.5 Å². The molecule has 0 aliphatic rings. The third-order valence-electron chi connectivity index (χ3n) is 3.76. The molecule has 0 bridgehead atoms. The van der Waals surface area contributed by atoms with Gasteiger partial charge in [0.2, 0.25) is 0 Å². The van der Waals surface area contributed by atoms with E-state index in [1.807, 2.05) is 36.6 Å². The number of amides is 1. The summed E-state index contributed by atoms with van der Waals surface area (Å²) in [6, 6.07) is 10.7. The number of aromatic nitrogens is 1. The number of nitrogens with one attached hydrogen (secondary N) is 1. The molecule has 1 atom stereocenters. The molecule has 3 aromatic rings. The maximum absolute atomic E-state index is 12.4. The summed E-state index contributed by atoms with van der Waals surface area (Å²) in [6.07, 6.45) is 0. The molecule has 0 aliphatic heterocycles.